The van der Waals surface area contributed by atoms with Crippen LogP contribution in [0.4, 0.5) is 0 Å². The third kappa shape index (κ3) is 3.38. The van der Waals surface area contributed by atoms with E-state index in [9.17, 15) is 9.59 Å². The second-order valence-electron chi connectivity index (χ2n) is 6.40. The summed E-state index contributed by atoms with van der Waals surface area (Å²) in [6, 6.07) is 8.19. The summed E-state index contributed by atoms with van der Waals surface area (Å²) in [5, 5.41) is 13.2. The minimum absolute atomic E-state index is 0.00831. The van der Waals surface area contributed by atoms with Crippen LogP contribution in [0.2, 0.25) is 0 Å². The zero-order chi connectivity index (χ0) is 16.4. The van der Waals surface area contributed by atoms with E-state index in [-0.39, 0.29) is 17.9 Å². The molecule has 2 aromatic rings. The van der Waals surface area contributed by atoms with Gasteiger partial charge in [0.15, 0.2) is 0 Å². The van der Waals surface area contributed by atoms with Crippen LogP contribution in [0.25, 0.3) is 10.9 Å². The number of hydrogen-bond donors (Lipinski definition) is 2. The molecule has 3 rings (SSSR count). The quantitative estimate of drug-likeness (QED) is 0.890. The number of para-hydroxylation sites is 1. The van der Waals surface area contributed by atoms with E-state index >= 15 is 0 Å². The molecule has 0 aliphatic heterocycles. The highest BCUT2D eigenvalue weighted by Crippen LogP contribution is 2.26. The van der Waals surface area contributed by atoms with Crippen LogP contribution in [0.15, 0.2) is 30.5 Å². The molecule has 23 heavy (non-hydrogen) atoms. The fourth-order valence-corrected chi connectivity index (χ4v) is 3.51. The van der Waals surface area contributed by atoms with Crippen LogP contribution in [0, 0.1) is 5.92 Å². The molecule has 0 unspecified atom stereocenters. The highest BCUT2D eigenvalue weighted by Gasteiger charge is 2.30. The molecule has 1 aromatic heterocycles. The molecule has 1 heterocycles. The number of benzene rings is 1. The van der Waals surface area contributed by atoms with Crippen LogP contribution in [0.3, 0.4) is 0 Å². The van der Waals surface area contributed by atoms with Gasteiger partial charge in [-0.2, -0.15) is 0 Å². The number of nitrogens with zero attached hydrogens (tertiary/aromatic N) is 1. The minimum Gasteiger partial charge on any atom is -0.481 e. The lowest BCUT2D eigenvalue weighted by Gasteiger charge is -2.12. The van der Waals surface area contributed by atoms with Crippen molar-refractivity contribution in [2.24, 2.45) is 13.0 Å². The number of carboxylic acid groups (broad SMARTS) is 1. The molecule has 1 aromatic carbocycles. The molecule has 1 fully saturated rings. The van der Waals surface area contributed by atoms with Gasteiger partial charge in [-0.3, -0.25) is 9.59 Å². The maximum atomic E-state index is 12.1. The Morgan fingerprint density at radius 2 is 2.09 bits per heavy atom. The van der Waals surface area contributed by atoms with Gasteiger partial charge in [-0.15, -0.1) is 0 Å². The Morgan fingerprint density at radius 1 is 1.30 bits per heavy atom. The number of aromatic nitrogens is 1. The Kier molecular flexibility index (Phi) is 4.37. The maximum absolute atomic E-state index is 12.1. The van der Waals surface area contributed by atoms with Gasteiger partial charge in [0.05, 0.1) is 5.92 Å². The third-order valence-electron chi connectivity index (χ3n) is 4.75. The van der Waals surface area contributed by atoms with Crippen molar-refractivity contribution in [1.82, 2.24) is 9.88 Å². The summed E-state index contributed by atoms with van der Waals surface area (Å²) < 4.78 is 2.08. The molecule has 0 spiro atoms. The van der Waals surface area contributed by atoms with E-state index in [1.807, 2.05) is 19.2 Å². The van der Waals surface area contributed by atoms with Gasteiger partial charge in [-0.05, 0) is 37.3 Å². The van der Waals surface area contributed by atoms with Gasteiger partial charge in [0.2, 0.25) is 5.91 Å². The summed E-state index contributed by atoms with van der Waals surface area (Å²) in [4.78, 5) is 23.1. The highest BCUT2D eigenvalue weighted by molar-refractivity contribution is 5.85. The Hall–Kier alpha value is -2.30. The van der Waals surface area contributed by atoms with E-state index in [0.29, 0.717) is 25.7 Å². The normalized spacial score (nSPS) is 20.7. The van der Waals surface area contributed by atoms with Crippen molar-refractivity contribution in [2.45, 2.75) is 38.1 Å². The van der Waals surface area contributed by atoms with E-state index in [1.165, 1.54) is 16.5 Å². The molecule has 122 valence electrons. The van der Waals surface area contributed by atoms with Gasteiger partial charge >= 0.3 is 5.97 Å². The molecule has 2 atom stereocenters. The van der Waals surface area contributed by atoms with Crippen LogP contribution in [0.5, 0.6) is 0 Å². The standard InChI is InChI=1S/C18H22N2O3/c1-20-11-13(15-4-2-3-5-16(15)20)7-9-17(21)19-14-8-6-12(10-14)18(22)23/h2-5,11-12,14H,6-10H2,1H3,(H,19,21)(H,22,23)/t12-,14+/m0/s1. The molecule has 1 aliphatic carbocycles. The molecule has 1 amide bonds. The van der Waals surface area contributed by atoms with Crippen molar-refractivity contribution in [3.05, 3.63) is 36.0 Å². The summed E-state index contributed by atoms with van der Waals surface area (Å²) in [6.45, 7) is 0. The SMILES string of the molecule is Cn1cc(CCC(=O)N[C@@H]2CC[C@H](C(=O)O)C2)c2ccccc21. The van der Waals surface area contributed by atoms with Crippen LogP contribution >= 0.6 is 0 Å². The first-order valence-corrected chi connectivity index (χ1v) is 8.09. The second kappa shape index (κ2) is 6.44. The van der Waals surface area contributed by atoms with Crippen molar-refractivity contribution in [1.29, 1.82) is 0 Å². The minimum atomic E-state index is -0.752. The van der Waals surface area contributed by atoms with Gasteiger partial charge in [0, 0.05) is 36.6 Å². The number of aryl methyl sites for hydroxylation is 2. The van der Waals surface area contributed by atoms with E-state index in [4.69, 9.17) is 5.11 Å². The fourth-order valence-electron chi connectivity index (χ4n) is 3.51. The molecule has 2 N–H and O–H groups in total. The first-order chi connectivity index (χ1) is 11.0. The average Bonchev–Trinajstić information content (AvgIpc) is 3.11. The number of fused-ring (bicyclic) bond motifs is 1. The second-order valence-corrected chi connectivity index (χ2v) is 6.40. The van der Waals surface area contributed by atoms with E-state index in [2.05, 4.69) is 28.2 Å². The summed E-state index contributed by atoms with van der Waals surface area (Å²) in [6.07, 6.45) is 5.18. The number of carboxylic acids is 1. The topological polar surface area (TPSA) is 71.3 Å². The van der Waals surface area contributed by atoms with Gasteiger partial charge in [-0.1, -0.05) is 18.2 Å². The molecular weight excluding hydrogens is 292 g/mol. The summed E-state index contributed by atoms with van der Waals surface area (Å²) in [5.41, 5.74) is 2.34. The number of carbonyl (C=O) groups excluding carboxylic acids is 1. The van der Waals surface area contributed by atoms with Crippen molar-refractivity contribution >= 4 is 22.8 Å². The third-order valence-corrected chi connectivity index (χ3v) is 4.75. The van der Waals surface area contributed by atoms with Crippen LogP contribution in [-0.4, -0.2) is 27.6 Å². The van der Waals surface area contributed by atoms with Gasteiger partial charge in [0.1, 0.15) is 0 Å². The zero-order valence-electron chi connectivity index (χ0n) is 13.3. The number of rotatable bonds is 5. The van der Waals surface area contributed by atoms with Gasteiger partial charge in [-0.25, -0.2) is 0 Å². The molecule has 1 saturated carbocycles. The molecule has 5 heteroatoms. The van der Waals surface area contributed by atoms with E-state index < -0.39 is 5.97 Å². The van der Waals surface area contributed by atoms with Crippen molar-refractivity contribution in [3.63, 3.8) is 0 Å². The number of aliphatic carboxylic acids is 1. The Labute approximate surface area is 135 Å². The molecular formula is C18H22N2O3. The first kappa shape index (κ1) is 15.6. The summed E-state index contributed by atoms with van der Waals surface area (Å²) in [5.74, 6) is -1.05. The van der Waals surface area contributed by atoms with Crippen molar-refractivity contribution < 1.29 is 14.7 Å². The Morgan fingerprint density at radius 3 is 2.83 bits per heavy atom. The predicted molar refractivity (Wildman–Crippen MR) is 88.1 cm³/mol. The van der Waals surface area contributed by atoms with Crippen molar-refractivity contribution in [2.75, 3.05) is 0 Å². The smallest absolute Gasteiger partial charge is 0.306 e. The lowest BCUT2D eigenvalue weighted by molar-refractivity contribution is -0.141. The van der Waals surface area contributed by atoms with Gasteiger partial charge in [0.25, 0.3) is 0 Å². The molecule has 0 radical (unpaired) electrons. The average molecular weight is 314 g/mol. The van der Waals surface area contributed by atoms with Gasteiger partial charge < -0.3 is 15.0 Å². The van der Waals surface area contributed by atoms with Crippen molar-refractivity contribution in [3.8, 4) is 0 Å². The Bertz CT molecular complexity index is 735. The summed E-state index contributed by atoms with van der Waals surface area (Å²) in [7, 11) is 2.01. The number of carbonyl (C=O) groups is 2. The van der Waals surface area contributed by atoms with Crippen LogP contribution < -0.4 is 5.32 Å². The monoisotopic (exact) mass is 314 g/mol. The molecule has 0 bridgehead atoms. The fraction of sp³-hybridized carbons (Fsp3) is 0.444. The van der Waals surface area contributed by atoms with E-state index in [1.54, 1.807) is 0 Å². The summed E-state index contributed by atoms with van der Waals surface area (Å²) >= 11 is 0. The lowest BCUT2D eigenvalue weighted by Crippen LogP contribution is -2.33. The largest absolute Gasteiger partial charge is 0.481 e. The van der Waals surface area contributed by atoms with Crippen LogP contribution in [0.1, 0.15) is 31.2 Å². The predicted octanol–water partition coefficient (Wildman–Crippen LogP) is 2.48. The molecule has 0 saturated heterocycles. The van der Waals surface area contributed by atoms with E-state index in [0.717, 1.165) is 6.42 Å². The maximum Gasteiger partial charge on any atom is 0.306 e. The lowest BCUT2D eigenvalue weighted by atomic mass is 10.1. The molecule has 5 nitrogen and oxygen atoms in total. The molecule has 1 aliphatic rings. The number of hydrogen-bond acceptors (Lipinski definition) is 2. The zero-order valence-corrected chi connectivity index (χ0v) is 13.3. The Balaban J connectivity index is 1.56. The number of amides is 1. The number of nitrogens with one attached hydrogen (secondary N) is 1. The van der Waals surface area contributed by atoms with Crippen LogP contribution in [-0.2, 0) is 23.1 Å². The first-order valence-electron chi connectivity index (χ1n) is 8.09. The highest BCUT2D eigenvalue weighted by atomic mass is 16.4.